The van der Waals surface area contributed by atoms with Gasteiger partial charge in [-0.1, -0.05) is 13.8 Å². The fourth-order valence-electron chi connectivity index (χ4n) is 2.00. The number of rotatable bonds is 6. The van der Waals surface area contributed by atoms with Crippen molar-refractivity contribution in [2.24, 2.45) is 17.6 Å². The second-order valence-electron chi connectivity index (χ2n) is 4.88. The molecule has 1 rings (SSSR count). The number of carbonyl (C=O) groups excluding carboxylic acids is 1. The highest BCUT2D eigenvalue weighted by Gasteiger charge is 2.27. The Morgan fingerprint density at radius 1 is 1.56 bits per heavy atom. The lowest BCUT2D eigenvalue weighted by Crippen LogP contribution is -2.40. The zero-order valence-electron chi connectivity index (χ0n) is 10.4. The molecule has 4 heteroatoms. The number of amides is 1. The predicted octanol–water partition coefficient (Wildman–Crippen LogP) is 0.856. The summed E-state index contributed by atoms with van der Waals surface area (Å²) >= 11 is 0. The standard InChI is InChI=1S/C12H24N2O2/c1-10(2)8-14(6-3-5-13)12(15)11-4-7-16-9-11/h10-11H,3-9,13H2,1-2H3. The molecule has 1 fully saturated rings. The topological polar surface area (TPSA) is 55.6 Å². The summed E-state index contributed by atoms with van der Waals surface area (Å²) in [5.74, 6) is 0.834. The third kappa shape index (κ3) is 4.10. The van der Waals surface area contributed by atoms with E-state index in [0.29, 0.717) is 19.1 Å². The summed E-state index contributed by atoms with van der Waals surface area (Å²) in [5.41, 5.74) is 5.50. The molecule has 1 aliphatic rings. The van der Waals surface area contributed by atoms with Crippen LogP contribution in [0.5, 0.6) is 0 Å². The van der Waals surface area contributed by atoms with Crippen LogP contribution in [-0.4, -0.2) is 43.7 Å². The monoisotopic (exact) mass is 228 g/mol. The first-order valence-electron chi connectivity index (χ1n) is 6.21. The third-order valence-corrected chi connectivity index (χ3v) is 2.81. The lowest BCUT2D eigenvalue weighted by Gasteiger charge is -2.26. The van der Waals surface area contributed by atoms with Crippen LogP contribution in [0.15, 0.2) is 0 Å². The van der Waals surface area contributed by atoms with Crippen molar-refractivity contribution in [2.45, 2.75) is 26.7 Å². The van der Waals surface area contributed by atoms with E-state index in [1.54, 1.807) is 0 Å². The quantitative estimate of drug-likeness (QED) is 0.733. The second-order valence-corrected chi connectivity index (χ2v) is 4.88. The van der Waals surface area contributed by atoms with Crippen molar-refractivity contribution in [2.75, 3.05) is 32.8 Å². The maximum Gasteiger partial charge on any atom is 0.228 e. The summed E-state index contributed by atoms with van der Waals surface area (Å²) in [7, 11) is 0. The number of hydrogen-bond donors (Lipinski definition) is 1. The number of ether oxygens (including phenoxy) is 1. The summed E-state index contributed by atoms with van der Waals surface area (Å²) in [6.45, 7) is 7.84. The molecular weight excluding hydrogens is 204 g/mol. The predicted molar refractivity (Wildman–Crippen MR) is 64.0 cm³/mol. The van der Waals surface area contributed by atoms with Gasteiger partial charge in [0.1, 0.15) is 0 Å². The molecule has 0 aliphatic carbocycles. The molecule has 16 heavy (non-hydrogen) atoms. The Hall–Kier alpha value is -0.610. The Kier molecular flexibility index (Phi) is 5.77. The van der Waals surface area contributed by atoms with Gasteiger partial charge < -0.3 is 15.4 Å². The van der Waals surface area contributed by atoms with Gasteiger partial charge in [0.2, 0.25) is 5.91 Å². The van der Waals surface area contributed by atoms with Crippen LogP contribution < -0.4 is 5.73 Å². The molecule has 94 valence electrons. The summed E-state index contributed by atoms with van der Waals surface area (Å²) in [4.78, 5) is 14.1. The number of hydrogen-bond acceptors (Lipinski definition) is 3. The maximum absolute atomic E-state index is 12.2. The van der Waals surface area contributed by atoms with Gasteiger partial charge in [0.25, 0.3) is 0 Å². The van der Waals surface area contributed by atoms with E-state index in [0.717, 1.165) is 32.5 Å². The van der Waals surface area contributed by atoms with Gasteiger partial charge >= 0.3 is 0 Å². The molecule has 1 unspecified atom stereocenters. The number of nitrogens with zero attached hydrogens (tertiary/aromatic N) is 1. The van der Waals surface area contributed by atoms with Gasteiger partial charge in [0.15, 0.2) is 0 Å². The second kappa shape index (κ2) is 6.86. The molecule has 2 N–H and O–H groups in total. The van der Waals surface area contributed by atoms with Crippen molar-refractivity contribution in [3.8, 4) is 0 Å². The minimum absolute atomic E-state index is 0.0801. The van der Waals surface area contributed by atoms with E-state index in [2.05, 4.69) is 13.8 Å². The van der Waals surface area contributed by atoms with Crippen LogP contribution in [0, 0.1) is 11.8 Å². The SMILES string of the molecule is CC(C)CN(CCCN)C(=O)C1CCOC1. The Balaban J connectivity index is 2.48. The largest absolute Gasteiger partial charge is 0.381 e. The van der Waals surface area contributed by atoms with Crippen molar-refractivity contribution in [3.05, 3.63) is 0 Å². The Labute approximate surface area is 98.1 Å². The number of carbonyl (C=O) groups is 1. The van der Waals surface area contributed by atoms with E-state index in [1.165, 1.54) is 0 Å². The molecule has 0 saturated carbocycles. The first-order chi connectivity index (χ1) is 7.65. The molecule has 0 aromatic carbocycles. The van der Waals surface area contributed by atoms with Crippen LogP contribution in [0.25, 0.3) is 0 Å². The molecule has 0 spiro atoms. The zero-order chi connectivity index (χ0) is 12.0. The molecule has 1 heterocycles. The van der Waals surface area contributed by atoms with E-state index in [-0.39, 0.29) is 11.8 Å². The Morgan fingerprint density at radius 2 is 2.31 bits per heavy atom. The van der Waals surface area contributed by atoms with Crippen LogP contribution in [0.1, 0.15) is 26.7 Å². The van der Waals surface area contributed by atoms with Gasteiger partial charge in [-0.25, -0.2) is 0 Å². The molecular formula is C12H24N2O2. The minimum atomic E-state index is 0.0801. The molecule has 0 bridgehead atoms. The zero-order valence-corrected chi connectivity index (χ0v) is 10.4. The Morgan fingerprint density at radius 3 is 2.81 bits per heavy atom. The van der Waals surface area contributed by atoms with Gasteiger partial charge in [-0.05, 0) is 25.3 Å². The molecule has 1 aliphatic heterocycles. The molecule has 1 saturated heterocycles. The molecule has 0 radical (unpaired) electrons. The number of nitrogens with two attached hydrogens (primary N) is 1. The summed E-state index contributed by atoms with van der Waals surface area (Å²) < 4.78 is 5.27. The van der Waals surface area contributed by atoms with E-state index in [1.807, 2.05) is 4.90 Å². The highest BCUT2D eigenvalue weighted by atomic mass is 16.5. The lowest BCUT2D eigenvalue weighted by atomic mass is 10.1. The lowest BCUT2D eigenvalue weighted by molar-refractivity contribution is -0.136. The smallest absolute Gasteiger partial charge is 0.228 e. The van der Waals surface area contributed by atoms with Crippen molar-refractivity contribution in [1.29, 1.82) is 0 Å². The highest BCUT2D eigenvalue weighted by Crippen LogP contribution is 2.16. The van der Waals surface area contributed by atoms with Crippen LogP contribution in [0.4, 0.5) is 0 Å². The molecule has 1 atom stereocenters. The first-order valence-corrected chi connectivity index (χ1v) is 6.21. The van der Waals surface area contributed by atoms with Gasteiger partial charge in [0.05, 0.1) is 12.5 Å². The first kappa shape index (κ1) is 13.5. The van der Waals surface area contributed by atoms with Crippen molar-refractivity contribution in [3.63, 3.8) is 0 Å². The average molecular weight is 228 g/mol. The fourth-order valence-corrected chi connectivity index (χ4v) is 2.00. The van der Waals surface area contributed by atoms with Crippen molar-refractivity contribution < 1.29 is 9.53 Å². The van der Waals surface area contributed by atoms with Crippen LogP contribution >= 0.6 is 0 Å². The summed E-state index contributed by atoms with van der Waals surface area (Å²) in [6, 6.07) is 0. The highest BCUT2D eigenvalue weighted by molar-refractivity contribution is 5.79. The minimum Gasteiger partial charge on any atom is -0.381 e. The van der Waals surface area contributed by atoms with Gasteiger partial charge in [-0.2, -0.15) is 0 Å². The van der Waals surface area contributed by atoms with Crippen molar-refractivity contribution >= 4 is 5.91 Å². The van der Waals surface area contributed by atoms with E-state index >= 15 is 0 Å². The van der Waals surface area contributed by atoms with Crippen LogP contribution in [0.2, 0.25) is 0 Å². The summed E-state index contributed by atoms with van der Waals surface area (Å²) in [5, 5.41) is 0. The normalized spacial score (nSPS) is 20.4. The molecule has 1 amide bonds. The van der Waals surface area contributed by atoms with Gasteiger partial charge in [-0.15, -0.1) is 0 Å². The van der Waals surface area contributed by atoms with E-state index < -0.39 is 0 Å². The van der Waals surface area contributed by atoms with E-state index in [9.17, 15) is 4.79 Å². The third-order valence-electron chi connectivity index (χ3n) is 2.81. The van der Waals surface area contributed by atoms with E-state index in [4.69, 9.17) is 10.5 Å². The Bertz CT molecular complexity index is 213. The molecule has 0 aromatic rings. The maximum atomic E-state index is 12.2. The summed E-state index contributed by atoms with van der Waals surface area (Å²) in [6.07, 6.45) is 1.75. The average Bonchev–Trinajstić information content (AvgIpc) is 2.76. The van der Waals surface area contributed by atoms with Crippen LogP contribution in [0.3, 0.4) is 0 Å². The molecule has 0 aromatic heterocycles. The van der Waals surface area contributed by atoms with Crippen LogP contribution in [-0.2, 0) is 9.53 Å². The van der Waals surface area contributed by atoms with Gasteiger partial charge in [-0.3, -0.25) is 4.79 Å². The van der Waals surface area contributed by atoms with Crippen molar-refractivity contribution in [1.82, 2.24) is 4.90 Å². The molecule has 4 nitrogen and oxygen atoms in total. The fraction of sp³-hybridized carbons (Fsp3) is 0.917. The van der Waals surface area contributed by atoms with Gasteiger partial charge in [0, 0.05) is 19.7 Å².